The van der Waals surface area contributed by atoms with E-state index in [4.69, 9.17) is 14.2 Å². The number of ether oxygens (including phenoxy) is 3. The Morgan fingerprint density at radius 3 is 2.56 bits per heavy atom. The number of aliphatic hydroxyl groups is 1. The molecule has 2 bridgehead atoms. The Morgan fingerprint density at radius 1 is 1.19 bits per heavy atom. The van der Waals surface area contributed by atoms with Crippen molar-refractivity contribution in [3.63, 3.8) is 0 Å². The minimum atomic E-state index is -1.23. The van der Waals surface area contributed by atoms with E-state index in [-0.39, 0.29) is 37.4 Å². The maximum Gasteiger partial charge on any atom is 0.313 e. The lowest BCUT2D eigenvalue weighted by Crippen LogP contribution is -2.58. The number of hydrogen-bond donors (Lipinski definition) is 2. The predicted octanol–water partition coefficient (Wildman–Crippen LogP) is 3.72. The normalized spacial score (nSPS) is 26.0. The minimum Gasteiger partial charge on any atom is -0.455 e. The first kappa shape index (κ1) is 37.3. The molecule has 1 aromatic carbocycles. The monoisotopic (exact) mass is 667 g/mol. The van der Waals surface area contributed by atoms with Crippen molar-refractivity contribution >= 4 is 23.7 Å². The van der Waals surface area contributed by atoms with E-state index in [9.17, 15) is 24.3 Å². The van der Waals surface area contributed by atoms with Gasteiger partial charge in [-0.3, -0.25) is 19.2 Å². The summed E-state index contributed by atoms with van der Waals surface area (Å²) in [7, 11) is 1.51. The molecule has 8 atom stereocenters. The third-order valence-electron chi connectivity index (χ3n) is 10.0. The van der Waals surface area contributed by atoms with E-state index in [1.807, 2.05) is 37.3 Å². The molecule has 2 N–H and O–H groups in total. The molecule has 3 heterocycles. The molecule has 4 rings (SSSR count). The number of esters is 1. The minimum absolute atomic E-state index is 0.0692. The summed E-state index contributed by atoms with van der Waals surface area (Å²) < 4.78 is 18.4. The molecule has 11 nitrogen and oxygen atoms in total. The van der Waals surface area contributed by atoms with Gasteiger partial charge in [-0.25, -0.2) is 0 Å². The van der Waals surface area contributed by atoms with Crippen molar-refractivity contribution in [1.29, 1.82) is 0 Å². The van der Waals surface area contributed by atoms with Crippen molar-refractivity contribution < 1.29 is 38.5 Å². The topological polar surface area (TPSA) is 135 Å². The summed E-state index contributed by atoms with van der Waals surface area (Å²) in [6.07, 6.45) is 6.55. The number of fused-ring (bicyclic) bond motifs is 1. The number of likely N-dealkylation sites (tertiary alicyclic amines) is 1. The van der Waals surface area contributed by atoms with E-state index >= 15 is 0 Å². The second-order valence-electron chi connectivity index (χ2n) is 13.1. The van der Waals surface area contributed by atoms with Crippen LogP contribution in [0.4, 0.5) is 0 Å². The van der Waals surface area contributed by atoms with E-state index in [2.05, 4.69) is 25.4 Å². The van der Waals surface area contributed by atoms with Gasteiger partial charge in [-0.15, -0.1) is 13.2 Å². The van der Waals surface area contributed by atoms with Crippen LogP contribution in [0.15, 0.2) is 55.6 Å². The van der Waals surface area contributed by atoms with Gasteiger partial charge in [0.05, 0.1) is 43.2 Å². The fourth-order valence-electron chi connectivity index (χ4n) is 7.74. The summed E-state index contributed by atoms with van der Waals surface area (Å²) in [6, 6.07) is 6.77. The molecule has 48 heavy (non-hydrogen) atoms. The Balaban J connectivity index is 1.69. The van der Waals surface area contributed by atoms with Crippen molar-refractivity contribution in [2.75, 3.05) is 33.4 Å². The SMILES string of the molecule is C=CCCC(=O)N[C@H](COC)[C@H](OC(=O)[C@@H]1[C@@H]2CC[C@]3(O2)[C@H](C(=O)N(CC=C)CCCCC)N([C@@H](CC)CO)C(=O)[C@@H]13)c1ccccc1. The summed E-state index contributed by atoms with van der Waals surface area (Å²) in [6.45, 7) is 12.0. The van der Waals surface area contributed by atoms with Crippen molar-refractivity contribution in [3.8, 4) is 0 Å². The van der Waals surface area contributed by atoms with Crippen molar-refractivity contribution in [2.45, 2.75) is 101 Å². The van der Waals surface area contributed by atoms with Crippen LogP contribution < -0.4 is 5.32 Å². The van der Waals surface area contributed by atoms with Crippen LogP contribution in [0, 0.1) is 11.8 Å². The van der Waals surface area contributed by atoms with Crippen LogP contribution in [-0.2, 0) is 33.4 Å². The van der Waals surface area contributed by atoms with Crippen LogP contribution in [0.25, 0.3) is 0 Å². The summed E-state index contributed by atoms with van der Waals surface area (Å²) >= 11 is 0. The number of methoxy groups -OCH3 is 1. The van der Waals surface area contributed by atoms with Gasteiger partial charge in [0.1, 0.15) is 17.7 Å². The number of amides is 3. The van der Waals surface area contributed by atoms with Crippen LogP contribution in [0.1, 0.15) is 76.9 Å². The largest absolute Gasteiger partial charge is 0.455 e. The molecule has 3 aliphatic heterocycles. The summed E-state index contributed by atoms with van der Waals surface area (Å²) in [5.41, 5.74) is -0.579. The van der Waals surface area contributed by atoms with Crippen LogP contribution in [0.5, 0.6) is 0 Å². The summed E-state index contributed by atoms with van der Waals surface area (Å²) in [4.78, 5) is 59.4. The molecule has 0 aromatic heterocycles. The first-order valence-corrected chi connectivity index (χ1v) is 17.4. The highest BCUT2D eigenvalue weighted by Gasteiger charge is 2.75. The van der Waals surface area contributed by atoms with E-state index in [0.717, 1.165) is 19.3 Å². The highest BCUT2D eigenvalue weighted by atomic mass is 16.6. The quantitative estimate of drug-likeness (QED) is 0.122. The number of carbonyl (C=O) groups is 4. The molecule has 11 heteroatoms. The van der Waals surface area contributed by atoms with Crippen molar-refractivity contribution in [3.05, 3.63) is 61.2 Å². The molecule has 3 saturated heterocycles. The van der Waals surface area contributed by atoms with Crippen LogP contribution in [0.2, 0.25) is 0 Å². The van der Waals surface area contributed by atoms with Gasteiger partial charge in [-0.1, -0.05) is 69.2 Å². The van der Waals surface area contributed by atoms with Gasteiger partial charge in [0, 0.05) is 26.6 Å². The number of nitrogens with one attached hydrogen (secondary N) is 1. The van der Waals surface area contributed by atoms with E-state index in [1.54, 1.807) is 17.1 Å². The maximum atomic E-state index is 14.5. The predicted molar refractivity (Wildman–Crippen MR) is 180 cm³/mol. The second kappa shape index (κ2) is 17.2. The Morgan fingerprint density at radius 2 is 1.94 bits per heavy atom. The number of carbonyl (C=O) groups excluding carboxylic acids is 4. The lowest BCUT2D eigenvalue weighted by Gasteiger charge is -2.39. The zero-order valence-electron chi connectivity index (χ0n) is 28.7. The zero-order valence-corrected chi connectivity index (χ0v) is 28.7. The number of hydrogen-bond acceptors (Lipinski definition) is 8. The molecule has 1 aromatic rings. The lowest BCUT2D eigenvalue weighted by atomic mass is 9.70. The van der Waals surface area contributed by atoms with Gasteiger partial charge in [0.25, 0.3) is 0 Å². The zero-order chi connectivity index (χ0) is 34.8. The number of unbranched alkanes of at least 4 members (excludes halogenated alkanes) is 2. The summed E-state index contributed by atoms with van der Waals surface area (Å²) in [5, 5.41) is 13.3. The number of allylic oxidation sites excluding steroid dienone is 1. The molecule has 0 aliphatic carbocycles. The number of rotatable bonds is 20. The molecule has 0 radical (unpaired) electrons. The molecule has 3 fully saturated rings. The van der Waals surface area contributed by atoms with E-state index < -0.39 is 53.7 Å². The van der Waals surface area contributed by atoms with Crippen molar-refractivity contribution in [1.82, 2.24) is 15.1 Å². The molecular weight excluding hydrogens is 614 g/mol. The Kier molecular flexibility index (Phi) is 13.4. The number of benzene rings is 1. The average Bonchev–Trinajstić information content (AvgIpc) is 3.74. The molecular formula is C37H53N3O8. The first-order chi connectivity index (χ1) is 23.2. The molecule has 264 valence electrons. The maximum absolute atomic E-state index is 14.5. The van der Waals surface area contributed by atoms with Gasteiger partial charge in [0.2, 0.25) is 17.7 Å². The fraction of sp³-hybridized carbons (Fsp3) is 0.622. The molecule has 0 unspecified atom stereocenters. The average molecular weight is 668 g/mol. The second-order valence-corrected chi connectivity index (χ2v) is 13.1. The fourth-order valence-corrected chi connectivity index (χ4v) is 7.74. The Labute approximate surface area is 284 Å². The summed E-state index contributed by atoms with van der Waals surface area (Å²) in [5.74, 6) is -3.44. The van der Waals surface area contributed by atoms with Crippen LogP contribution in [0.3, 0.4) is 0 Å². The highest BCUT2D eigenvalue weighted by molar-refractivity contribution is 5.98. The molecule has 3 amide bonds. The highest BCUT2D eigenvalue weighted by Crippen LogP contribution is 2.59. The number of nitrogens with zero attached hydrogens (tertiary/aromatic N) is 2. The van der Waals surface area contributed by atoms with Gasteiger partial charge >= 0.3 is 5.97 Å². The molecule has 0 saturated carbocycles. The Hall–Kier alpha value is -3.54. The van der Waals surface area contributed by atoms with Crippen molar-refractivity contribution in [2.24, 2.45) is 11.8 Å². The third-order valence-corrected chi connectivity index (χ3v) is 10.0. The first-order valence-electron chi connectivity index (χ1n) is 17.4. The lowest BCUT2D eigenvalue weighted by molar-refractivity contribution is -0.163. The van der Waals surface area contributed by atoms with Gasteiger partial charge < -0.3 is 34.4 Å². The number of aliphatic hydroxyl groups excluding tert-OH is 1. The Bertz CT molecular complexity index is 1290. The smallest absolute Gasteiger partial charge is 0.313 e. The molecule has 3 aliphatic rings. The van der Waals surface area contributed by atoms with Gasteiger partial charge in [-0.2, -0.15) is 0 Å². The molecule has 1 spiro atoms. The van der Waals surface area contributed by atoms with Gasteiger partial charge in [-0.05, 0) is 37.7 Å². The van der Waals surface area contributed by atoms with Gasteiger partial charge in [0.15, 0.2) is 0 Å². The van der Waals surface area contributed by atoms with Crippen LogP contribution >= 0.6 is 0 Å². The van der Waals surface area contributed by atoms with E-state index in [1.165, 1.54) is 12.0 Å². The van der Waals surface area contributed by atoms with E-state index in [0.29, 0.717) is 44.3 Å². The standard InChI is InChI=1S/C37H53N3O8/c1-6-10-15-22-39(21-8-3)35(44)33-37-20-19-28(48-37)30(31(37)34(43)40(33)26(9-4)23-41)36(45)47-32(25-16-13-12-14-17-25)27(24-46-5)38-29(42)18-11-7-2/h7-8,12-14,16-17,26-28,30-33,41H,2-3,6,9-11,15,18-24H2,1,4-5H3,(H,38,42)/t26-,27+,28-,30+,31+,32+,33-,37+/m0/s1. The third kappa shape index (κ3) is 7.53. The van der Waals surface area contributed by atoms with Crippen LogP contribution in [-0.4, -0.2) is 102 Å².